The third kappa shape index (κ3) is 1.60. The van der Waals surface area contributed by atoms with Gasteiger partial charge in [0.25, 0.3) is 0 Å². The van der Waals surface area contributed by atoms with E-state index in [0.717, 1.165) is 6.07 Å². The predicted octanol–water partition coefficient (Wildman–Crippen LogP) is 1.44. The Morgan fingerprint density at radius 1 is 1.50 bits per heavy atom. The van der Waals surface area contributed by atoms with E-state index in [1.165, 1.54) is 6.07 Å². The summed E-state index contributed by atoms with van der Waals surface area (Å²) in [5.74, 6) is -1.64. The fraction of sp³-hybridized carbons (Fsp3) is 0.273. The molecule has 1 atom stereocenters. The standard InChI is InChI=1S/C11H10O5/c1-5-2-8(12)7-3-6(11(14)15)4-9(13)10(7)16-5/h3-5,13H,2H2,1H3,(H,14,15). The highest BCUT2D eigenvalue weighted by Gasteiger charge is 2.27. The van der Waals surface area contributed by atoms with Crippen LogP contribution in [0.15, 0.2) is 12.1 Å². The molecule has 0 bridgehead atoms. The van der Waals surface area contributed by atoms with E-state index in [4.69, 9.17) is 9.84 Å². The van der Waals surface area contributed by atoms with Crippen molar-refractivity contribution in [1.29, 1.82) is 0 Å². The Bertz CT molecular complexity index is 478. The molecule has 1 heterocycles. The molecule has 5 heteroatoms. The monoisotopic (exact) mass is 222 g/mol. The van der Waals surface area contributed by atoms with Gasteiger partial charge in [-0.25, -0.2) is 4.79 Å². The summed E-state index contributed by atoms with van der Waals surface area (Å²) < 4.78 is 5.30. The van der Waals surface area contributed by atoms with E-state index < -0.39 is 5.97 Å². The number of hydrogen-bond acceptors (Lipinski definition) is 4. The zero-order valence-electron chi connectivity index (χ0n) is 8.56. The van der Waals surface area contributed by atoms with Crippen LogP contribution < -0.4 is 4.74 Å². The second-order valence-corrected chi connectivity index (χ2v) is 3.73. The molecule has 1 aromatic carbocycles. The van der Waals surface area contributed by atoms with Crippen molar-refractivity contribution >= 4 is 11.8 Å². The SMILES string of the molecule is CC1CC(=O)c2cc(C(=O)O)cc(O)c2O1. The summed E-state index contributed by atoms with van der Waals surface area (Å²) in [6.07, 6.45) is -0.114. The molecule has 0 amide bonds. The van der Waals surface area contributed by atoms with Gasteiger partial charge in [0, 0.05) is 6.42 Å². The molecule has 0 saturated heterocycles. The second kappa shape index (κ2) is 3.52. The molecular formula is C11H10O5. The first-order valence-electron chi connectivity index (χ1n) is 4.79. The summed E-state index contributed by atoms with van der Waals surface area (Å²) in [5.41, 5.74) is 0.0123. The quantitative estimate of drug-likeness (QED) is 0.751. The molecule has 5 nitrogen and oxygen atoms in total. The van der Waals surface area contributed by atoms with Gasteiger partial charge in [-0.1, -0.05) is 0 Å². The largest absolute Gasteiger partial charge is 0.504 e. The van der Waals surface area contributed by atoms with Crippen LogP contribution in [-0.2, 0) is 0 Å². The zero-order valence-corrected chi connectivity index (χ0v) is 8.56. The van der Waals surface area contributed by atoms with Gasteiger partial charge < -0.3 is 14.9 Å². The van der Waals surface area contributed by atoms with E-state index in [2.05, 4.69) is 0 Å². The lowest BCUT2D eigenvalue weighted by atomic mass is 9.98. The summed E-state index contributed by atoms with van der Waals surface area (Å²) in [5, 5.41) is 18.4. The molecule has 1 unspecified atom stereocenters. The van der Waals surface area contributed by atoms with Crippen molar-refractivity contribution in [2.75, 3.05) is 0 Å². The van der Waals surface area contributed by atoms with Crippen molar-refractivity contribution < 1.29 is 24.5 Å². The number of carboxylic acid groups (broad SMARTS) is 1. The van der Waals surface area contributed by atoms with Crippen molar-refractivity contribution in [1.82, 2.24) is 0 Å². The van der Waals surface area contributed by atoms with Gasteiger partial charge in [-0.15, -0.1) is 0 Å². The van der Waals surface area contributed by atoms with Crippen molar-refractivity contribution in [3.63, 3.8) is 0 Å². The molecule has 0 aromatic heterocycles. The first kappa shape index (κ1) is 10.5. The Morgan fingerprint density at radius 2 is 2.19 bits per heavy atom. The molecule has 1 aromatic rings. The van der Waals surface area contributed by atoms with E-state index in [9.17, 15) is 14.7 Å². The van der Waals surface area contributed by atoms with Gasteiger partial charge in [0.15, 0.2) is 17.3 Å². The Kier molecular flexibility index (Phi) is 2.30. The molecule has 1 aliphatic rings. The minimum atomic E-state index is -1.19. The van der Waals surface area contributed by atoms with Gasteiger partial charge in [0.1, 0.15) is 6.10 Å². The first-order valence-corrected chi connectivity index (χ1v) is 4.79. The maximum absolute atomic E-state index is 11.6. The lowest BCUT2D eigenvalue weighted by molar-refractivity contribution is 0.0696. The molecule has 0 fully saturated rings. The van der Waals surface area contributed by atoms with Crippen LogP contribution in [0.25, 0.3) is 0 Å². The van der Waals surface area contributed by atoms with Crippen molar-refractivity contribution in [2.45, 2.75) is 19.4 Å². The Morgan fingerprint density at radius 3 is 2.81 bits per heavy atom. The highest BCUT2D eigenvalue weighted by molar-refractivity contribution is 6.03. The molecule has 0 saturated carbocycles. The van der Waals surface area contributed by atoms with E-state index in [1.54, 1.807) is 6.92 Å². The average Bonchev–Trinajstić information content (AvgIpc) is 2.19. The smallest absolute Gasteiger partial charge is 0.335 e. The number of benzene rings is 1. The fourth-order valence-electron chi connectivity index (χ4n) is 1.68. The van der Waals surface area contributed by atoms with Crippen LogP contribution >= 0.6 is 0 Å². The number of phenolic OH excluding ortho intramolecular Hbond substituents is 1. The normalized spacial score (nSPS) is 18.8. The van der Waals surface area contributed by atoms with Crippen LogP contribution in [0.1, 0.15) is 34.1 Å². The number of carboxylic acids is 1. The lowest BCUT2D eigenvalue weighted by Gasteiger charge is -2.23. The molecule has 2 N–H and O–H groups in total. The van der Waals surface area contributed by atoms with Crippen LogP contribution in [0.4, 0.5) is 0 Å². The van der Waals surface area contributed by atoms with E-state index >= 15 is 0 Å². The van der Waals surface area contributed by atoms with Crippen LogP contribution in [0, 0.1) is 0 Å². The minimum Gasteiger partial charge on any atom is -0.504 e. The Labute approximate surface area is 91.3 Å². The summed E-state index contributed by atoms with van der Waals surface area (Å²) in [6.45, 7) is 1.71. The second-order valence-electron chi connectivity index (χ2n) is 3.73. The topological polar surface area (TPSA) is 83.8 Å². The predicted molar refractivity (Wildman–Crippen MR) is 54.1 cm³/mol. The first-order chi connectivity index (χ1) is 7.49. The third-order valence-electron chi connectivity index (χ3n) is 2.41. The number of aromatic hydroxyl groups is 1. The molecule has 84 valence electrons. The zero-order chi connectivity index (χ0) is 11.9. The maximum Gasteiger partial charge on any atom is 0.335 e. The number of carbonyl (C=O) groups is 2. The van der Waals surface area contributed by atoms with Gasteiger partial charge in [0.2, 0.25) is 0 Å². The molecular weight excluding hydrogens is 212 g/mol. The van der Waals surface area contributed by atoms with Crippen LogP contribution in [0.5, 0.6) is 11.5 Å². The summed E-state index contributed by atoms with van der Waals surface area (Å²) in [6, 6.07) is 2.30. The molecule has 0 spiro atoms. The van der Waals surface area contributed by atoms with Gasteiger partial charge in [-0.3, -0.25) is 4.79 Å². The number of hydrogen-bond donors (Lipinski definition) is 2. The van der Waals surface area contributed by atoms with Gasteiger partial charge >= 0.3 is 5.97 Å². The van der Waals surface area contributed by atoms with Gasteiger partial charge in [-0.2, -0.15) is 0 Å². The van der Waals surface area contributed by atoms with E-state index in [0.29, 0.717) is 0 Å². The van der Waals surface area contributed by atoms with Gasteiger partial charge in [0.05, 0.1) is 11.1 Å². The molecule has 2 rings (SSSR count). The summed E-state index contributed by atoms with van der Waals surface area (Å²) >= 11 is 0. The number of rotatable bonds is 1. The number of phenols is 1. The number of ether oxygens (including phenoxy) is 1. The fourth-order valence-corrected chi connectivity index (χ4v) is 1.68. The Balaban J connectivity index is 2.59. The van der Waals surface area contributed by atoms with E-state index in [1.807, 2.05) is 0 Å². The van der Waals surface area contributed by atoms with Gasteiger partial charge in [-0.05, 0) is 19.1 Å². The van der Waals surface area contributed by atoms with Crippen LogP contribution in [-0.4, -0.2) is 28.1 Å². The van der Waals surface area contributed by atoms with Crippen LogP contribution in [0.2, 0.25) is 0 Å². The summed E-state index contributed by atoms with van der Waals surface area (Å²) in [4.78, 5) is 22.4. The maximum atomic E-state index is 11.6. The number of fused-ring (bicyclic) bond motifs is 1. The molecule has 16 heavy (non-hydrogen) atoms. The van der Waals surface area contributed by atoms with Crippen LogP contribution in [0.3, 0.4) is 0 Å². The molecule has 1 aliphatic heterocycles. The van der Waals surface area contributed by atoms with Crippen molar-refractivity contribution in [3.8, 4) is 11.5 Å². The average molecular weight is 222 g/mol. The number of Topliss-reactive ketones (excluding diaryl/α,β-unsaturated/α-hetero) is 1. The third-order valence-corrected chi connectivity index (χ3v) is 2.41. The molecule has 0 aliphatic carbocycles. The summed E-state index contributed by atoms with van der Waals surface area (Å²) in [7, 11) is 0. The lowest BCUT2D eigenvalue weighted by Crippen LogP contribution is -2.24. The van der Waals surface area contributed by atoms with E-state index in [-0.39, 0.29) is 40.9 Å². The highest BCUT2D eigenvalue weighted by atomic mass is 16.5. The number of carbonyl (C=O) groups excluding carboxylic acids is 1. The number of ketones is 1. The van der Waals surface area contributed by atoms with Crippen molar-refractivity contribution in [2.24, 2.45) is 0 Å². The van der Waals surface area contributed by atoms with Crippen molar-refractivity contribution in [3.05, 3.63) is 23.3 Å². The Hall–Kier alpha value is -2.04. The molecule has 0 radical (unpaired) electrons. The minimum absolute atomic E-state index is 0.0775. The number of aromatic carboxylic acids is 1. The highest BCUT2D eigenvalue weighted by Crippen LogP contribution is 2.36.